The smallest absolute Gasteiger partial charge is 0.338 e. The third-order valence-electron chi connectivity index (χ3n) is 4.47. The van der Waals surface area contributed by atoms with Crippen LogP contribution in [0.1, 0.15) is 42.5 Å². The van der Waals surface area contributed by atoms with Gasteiger partial charge in [0.1, 0.15) is 0 Å². The Morgan fingerprint density at radius 3 is 2.50 bits per heavy atom. The number of carbonyl (C=O) groups excluding carboxylic acids is 2. The largest absolute Gasteiger partial charge is 0.452 e. The molecule has 0 spiro atoms. The molecular formula is C19H26N2O6S. The van der Waals surface area contributed by atoms with Crippen molar-refractivity contribution in [2.75, 3.05) is 27.3 Å². The van der Waals surface area contributed by atoms with Crippen LogP contribution in [-0.2, 0) is 24.4 Å². The number of hydrogen-bond donors (Lipinski definition) is 1. The summed E-state index contributed by atoms with van der Waals surface area (Å²) in [5, 5.41) is 2.73. The van der Waals surface area contributed by atoms with Crippen molar-refractivity contribution >= 4 is 21.9 Å². The van der Waals surface area contributed by atoms with E-state index in [4.69, 9.17) is 4.74 Å². The molecule has 1 N–H and O–H groups in total. The first-order valence-electron chi connectivity index (χ1n) is 9.09. The number of benzene rings is 1. The van der Waals surface area contributed by atoms with Crippen molar-refractivity contribution in [3.05, 3.63) is 41.5 Å². The van der Waals surface area contributed by atoms with Crippen LogP contribution in [0.25, 0.3) is 0 Å². The van der Waals surface area contributed by atoms with Crippen LogP contribution < -0.4 is 5.32 Å². The van der Waals surface area contributed by atoms with Gasteiger partial charge in [-0.3, -0.25) is 9.63 Å². The Kier molecular flexibility index (Phi) is 8.16. The van der Waals surface area contributed by atoms with Gasteiger partial charge >= 0.3 is 5.97 Å². The van der Waals surface area contributed by atoms with Gasteiger partial charge in [-0.2, -0.15) is 0 Å². The second-order valence-corrected chi connectivity index (χ2v) is 8.34. The van der Waals surface area contributed by atoms with Crippen molar-refractivity contribution in [2.24, 2.45) is 0 Å². The number of hydrogen-bond acceptors (Lipinski definition) is 6. The minimum absolute atomic E-state index is 0.0249. The van der Waals surface area contributed by atoms with Crippen LogP contribution >= 0.6 is 0 Å². The zero-order valence-corrected chi connectivity index (χ0v) is 17.0. The first-order chi connectivity index (χ1) is 13.3. The summed E-state index contributed by atoms with van der Waals surface area (Å²) in [6.07, 6.45) is 7.63. The Labute approximate surface area is 165 Å². The predicted octanol–water partition coefficient (Wildman–Crippen LogP) is 2.03. The molecular weight excluding hydrogens is 384 g/mol. The number of ether oxygens (including phenoxy) is 1. The summed E-state index contributed by atoms with van der Waals surface area (Å²) < 4.78 is 29.9. The highest BCUT2D eigenvalue weighted by Gasteiger charge is 2.21. The van der Waals surface area contributed by atoms with E-state index in [1.54, 1.807) is 0 Å². The topological polar surface area (TPSA) is 102 Å². The molecule has 0 aromatic heterocycles. The van der Waals surface area contributed by atoms with E-state index in [1.165, 1.54) is 56.8 Å². The Balaban J connectivity index is 1.79. The van der Waals surface area contributed by atoms with E-state index in [9.17, 15) is 18.0 Å². The lowest BCUT2D eigenvalue weighted by molar-refractivity contribution is -0.124. The van der Waals surface area contributed by atoms with Gasteiger partial charge in [0.25, 0.3) is 15.9 Å². The molecule has 2 rings (SSSR count). The predicted molar refractivity (Wildman–Crippen MR) is 103 cm³/mol. The zero-order valence-electron chi connectivity index (χ0n) is 16.1. The molecule has 0 atom stereocenters. The van der Waals surface area contributed by atoms with Crippen LogP contribution in [0.3, 0.4) is 0 Å². The Morgan fingerprint density at radius 2 is 1.89 bits per heavy atom. The molecule has 0 unspecified atom stereocenters. The highest BCUT2D eigenvalue weighted by molar-refractivity contribution is 7.89. The summed E-state index contributed by atoms with van der Waals surface area (Å²) in [7, 11) is -1.29. The molecule has 1 aliphatic carbocycles. The molecule has 9 heteroatoms. The Hall–Kier alpha value is -2.23. The zero-order chi connectivity index (χ0) is 20.6. The van der Waals surface area contributed by atoms with Gasteiger partial charge in [-0.1, -0.05) is 16.1 Å². The van der Waals surface area contributed by atoms with E-state index in [2.05, 4.69) is 16.2 Å². The lowest BCUT2D eigenvalue weighted by Gasteiger charge is -2.14. The number of nitrogens with zero attached hydrogens (tertiary/aromatic N) is 1. The minimum Gasteiger partial charge on any atom is -0.452 e. The van der Waals surface area contributed by atoms with Gasteiger partial charge in [0.05, 0.1) is 17.6 Å². The van der Waals surface area contributed by atoms with E-state index in [-0.39, 0.29) is 23.0 Å². The van der Waals surface area contributed by atoms with Gasteiger partial charge in [-0.25, -0.2) is 13.2 Å². The average molecular weight is 410 g/mol. The average Bonchev–Trinajstić information content (AvgIpc) is 2.72. The van der Waals surface area contributed by atoms with Gasteiger partial charge < -0.3 is 10.1 Å². The number of sulfonamides is 1. The number of esters is 1. The van der Waals surface area contributed by atoms with E-state index >= 15 is 0 Å². The van der Waals surface area contributed by atoms with Crippen LogP contribution in [0.4, 0.5) is 0 Å². The van der Waals surface area contributed by atoms with Crippen molar-refractivity contribution in [3.63, 3.8) is 0 Å². The molecule has 8 nitrogen and oxygen atoms in total. The maximum atomic E-state index is 12.1. The lowest BCUT2D eigenvalue weighted by atomic mass is 9.97. The molecule has 28 heavy (non-hydrogen) atoms. The highest BCUT2D eigenvalue weighted by atomic mass is 32.2. The van der Waals surface area contributed by atoms with Crippen molar-refractivity contribution in [2.45, 2.75) is 37.0 Å². The summed E-state index contributed by atoms with van der Waals surface area (Å²) in [6.45, 7) is 0.131. The summed E-state index contributed by atoms with van der Waals surface area (Å²) in [5.41, 5.74) is 1.51. The molecule has 1 aromatic rings. The first kappa shape index (κ1) is 22.1. The molecule has 0 heterocycles. The molecule has 0 saturated carbocycles. The van der Waals surface area contributed by atoms with Gasteiger partial charge in [0, 0.05) is 13.6 Å². The highest BCUT2D eigenvalue weighted by Crippen LogP contribution is 2.19. The SMILES string of the molecule is CON(C)S(=O)(=O)c1ccc(C(=O)OCC(=O)NCCC2=CCCCC2)cc1. The minimum atomic E-state index is -3.79. The molecule has 1 aliphatic rings. The summed E-state index contributed by atoms with van der Waals surface area (Å²) >= 11 is 0. The maximum Gasteiger partial charge on any atom is 0.338 e. The van der Waals surface area contributed by atoms with Crippen molar-refractivity contribution in [3.8, 4) is 0 Å². The fourth-order valence-electron chi connectivity index (χ4n) is 2.77. The number of hydroxylamine groups is 1. The molecule has 0 aliphatic heterocycles. The number of amides is 1. The molecule has 0 bridgehead atoms. The van der Waals surface area contributed by atoms with E-state index in [0.29, 0.717) is 11.0 Å². The molecule has 1 amide bonds. The first-order valence-corrected chi connectivity index (χ1v) is 10.5. The molecule has 0 saturated heterocycles. The monoisotopic (exact) mass is 410 g/mol. The number of allylic oxidation sites excluding steroid dienone is 1. The second-order valence-electron chi connectivity index (χ2n) is 6.41. The van der Waals surface area contributed by atoms with E-state index in [0.717, 1.165) is 19.3 Å². The van der Waals surface area contributed by atoms with Crippen molar-refractivity contribution in [1.82, 2.24) is 9.79 Å². The van der Waals surface area contributed by atoms with Crippen molar-refractivity contribution < 1.29 is 27.6 Å². The fourth-order valence-corrected chi connectivity index (χ4v) is 3.74. The molecule has 0 radical (unpaired) electrons. The van der Waals surface area contributed by atoms with E-state index in [1.807, 2.05) is 0 Å². The third-order valence-corrected chi connectivity index (χ3v) is 6.17. The van der Waals surface area contributed by atoms with Crippen LogP contribution in [-0.4, -0.2) is 52.1 Å². The summed E-state index contributed by atoms with van der Waals surface area (Å²) in [5.74, 6) is -1.07. The maximum absolute atomic E-state index is 12.1. The lowest BCUT2D eigenvalue weighted by Crippen LogP contribution is -2.30. The third kappa shape index (κ3) is 6.15. The van der Waals surface area contributed by atoms with Crippen LogP contribution in [0.15, 0.2) is 40.8 Å². The van der Waals surface area contributed by atoms with Crippen LogP contribution in [0.2, 0.25) is 0 Å². The summed E-state index contributed by atoms with van der Waals surface area (Å²) in [4.78, 5) is 28.5. The quantitative estimate of drug-likeness (QED) is 0.380. The fraction of sp³-hybridized carbons (Fsp3) is 0.474. The molecule has 1 aromatic carbocycles. The van der Waals surface area contributed by atoms with E-state index < -0.39 is 16.0 Å². The number of nitrogens with one attached hydrogen (secondary N) is 1. The Morgan fingerprint density at radius 1 is 1.18 bits per heavy atom. The summed E-state index contributed by atoms with van der Waals surface area (Å²) in [6, 6.07) is 5.21. The van der Waals surface area contributed by atoms with Crippen LogP contribution in [0.5, 0.6) is 0 Å². The normalized spacial score (nSPS) is 14.5. The van der Waals surface area contributed by atoms with Crippen LogP contribution in [0, 0.1) is 0 Å². The van der Waals surface area contributed by atoms with Gasteiger partial charge in [0.15, 0.2) is 6.61 Å². The van der Waals surface area contributed by atoms with Gasteiger partial charge in [-0.15, -0.1) is 0 Å². The van der Waals surface area contributed by atoms with Gasteiger partial charge in [0.2, 0.25) is 0 Å². The standard InChI is InChI=1S/C19H26N2O6S/c1-21(26-2)28(24,25)17-10-8-16(9-11-17)19(23)27-14-18(22)20-13-12-15-6-4-3-5-7-15/h6,8-11H,3-5,7,12-14H2,1-2H3,(H,20,22). The van der Waals surface area contributed by atoms with Crippen molar-refractivity contribution in [1.29, 1.82) is 0 Å². The second kappa shape index (κ2) is 10.4. The number of carbonyl (C=O) groups is 2. The molecule has 0 fully saturated rings. The number of rotatable bonds is 9. The Bertz CT molecular complexity index is 817. The molecule has 154 valence electrons. The van der Waals surface area contributed by atoms with Gasteiger partial charge in [-0.05, 0) is 56.4 Å².